The number of nitro groups is 1. The van der Waals surface area contributed by atoms with Crippen LogP contribution in [0.25, 0.3) is 0 Å². The standard InChI is InChI=1S/C13H16F3N3O3/c14-13(15,16)11-10(4-3-9(12(11)17)19(20)21)22-8-7-18-5-1-2-6-18/h3-4H,1-2,5-8,17H2. The Balaban J connectivity index is 2.18. The van der Waals surface area contributed by atoms with Crippen molar-refractivity contribution < 1.29 is 22.8 Å². The molecule has 0 unspecified atom stereocenters. The summed E-state index contributed by atoms with van der Waals surface area (Å²) in [6, 6.07) is 1.87. The van der Waals surface area contributed by atoms with E-state index in [0.717, 1.165) is 38.1 Å². The number of hydrogen-bond donors (Lipinski definition) is 1. The first-order chi connectivity index (χ1) is 10.3. The van der Waals surface area contributed by atoms with Gasteiger partial charge in [0.2, 0.25) is 0 Å². The van der Waals surface area contributed by atoms with Crippen molar-refractivity contribution in [2.24, 2.45) is 0 Å². The van der Waals surface area contributed by atoms with Crippen molar-refractivity contribution in [3.63, 3.8) is 0 Å². The number of hydrogen-bond acceptors (Lipinski definition) is 5. The lowest BCUT2D eigenvalue weighted by atomic mass is 10.1. The number of halogens is 3. The van der Waals surface area contributed by atoms with Crippen molar-refractivity contribution >= 4 is 11.4 Å². The van der Waals surface area contributed by atoms with E-state index in [4.69, 9.17) is 10.5 Å². The zero-order valence-corrected chi connectivity index (χ0v) is 11.7. The minimum atomic E-state index is -4.82. The van der Waals surface area contributed by atoms with Crippen molar-refractivity contribution in [2.45, 2.75) is 19.0 Å². The van der Waals surface area contributed by atoms with Crippen molar-refractivity contribution in [2.75, 3.05) is 32.0 Å². The van der Waals surface area contributed by atoms with Gasteiger partial charge < -0.3 is 10.5 Å². The van der Waals surface area contributed by atoms with Crippen LogP contribution in [0.3, 0.4) is 0 Å². The molecule has 2 rings (SSSR count). The molecule has 1 fully saturated rings. The fraction of sp³-hybridized carbons (Fsp3) is 0.538. The monoisotopic (exact) mass is 319 g/mol. The maximum atomic E-state index is 13.1. The molecule has 0 spiro atoms. The molecule has 1 aromatic rings. The highest BCUT2D eigenvalue weighted by Crippen LogP contribution is 2.43. The summed E-state index contributed by atoms with van der Waals surface area (Å²) in [5.74, 6) is -0.477. The summed E-state index contributed by atoms with van der Waals surface area (Å²) >= 11 is 0. The molecular formula is C13H16F3N3O3. The SMILES string of the molecule is Nc1c([N+](=O)[O-])ccc(OCCN2CCCC2)c1C(F)(F)F. The summed E-state index contributed by atoms with van der Waals surface area (Å²) < 4.78 is 44.4. The zero-order valence-electron chi connectivity index (χ0n) is 11.7. The first-order valence-electron chi connectivity index (χ1n) is 6.80. The van der Waals surface area contributed by atoms with Gasteiger partial charge in [-0.1, -0.05) is 0 Å². The highest BCUT2D eigenvalue weighted by Gasteiger charge is 2.40. The predicted molar refractivity (Wildman–Crippen MR) is 73.7 cm³/mol. The lowest BCUT2D eigenvalue weighted by molar-refractivity contribution is -0.384. The molecule has 2 N–H and O–H groups in total. The van der Waals surface area contributed by atoms with E-state index >= 15 is 0 Å². The van der Waals surface area contributed by atoms with Crippen LogP contribution in [-0.4, -0.2) is 36.1 Å². The van der Waals surface area contributed by atoms with Crippen molar-refractivity contribution in [1.82, 2.24) is 4.90 Å². The van der Waals surface area contributed by atoms with E-state index in [1.165, 1.54) is 0 Å². The van der Waals surface area contributed by atoms with Gasteiger partial charge in [-0.3, -0.25) is 15.0 Å². The second-order valence-electron chi connectivity index (χ2n) is 5.02. The molecule has 6 nitrogen and oxygen atoms in total. The molecule has 122 valence electrons. The van der Waals surface area contributed by atoms with Gasteiger partial charge in [0.25, 0.3) is 5.69 Å². The summed E-state index contributed by atoms with van der Waals surface area (Å²) in [5, 5.41) is 10.7. The van der Waals surface area contributed by atoms with E-state index in [2.05, 4.69) is 4.90 Å². The average molecular weight is 319 g/mol. The predicted octanol–water partition coefficient (Wildman–Crippen LogP) is 2.67. The van der Waals surface area contributed by atoms with Gasteiger partial charge in [0.05, 0.1) is 4.92 Å². The van der Waals surface area contributed by atoms with E-state index in [1.54, 1.807) is 0 Å². The highest BCUT2D eigenvalue weighted by molar-refractivity contribution is 5.68. The number of anilines is 1. The molecule has 1 aliphatic heterocycles. The lowest BCUT2D eigenvalue weighted by Crippen LogP contribution is -2.25. The minimum absolute atomic E-state index is 0.0698. The third-order valence-corrected chi connectivity index (χ3v) is 3.53. The average Bonchev–Trinajstić information content (AvgIpc) is 2.90. The molecule has 0 atom stereocenters. The van der Waals surface area contributed by atoms with Gasteiger partial charge in [0.15, 0.2) is 0 Å². The van der Waals surface area contributed by atoms with Gasteiger partial charge in [-0.15, -0.1) is 0 Å². The Hall–Kier alpha value is -2.03. The van der Waals surface area contributed by atoms with Gasteiger partial charge in [-0.2, -0.15) is 13.2 Å². The fourth-order valence-electron chi connectivity index (χ4n) is 2.45. The summed E-state index contributed by atoms with van der Waals surface area (Å²) in [5.41, 5.74) is 2.33. The first-order valence-corrected chi connectivity index (χ1v) is 6.80. The minimum Gasteiger partial charge on any atom is -0.492 e. The van der Waals surface area contributed by atoms with Gasteiger partial charge >= 0.3 is 6.18 Å². The van der Waals surface area contributed by atoms with E-state index < -0.39 is 33.8 Å². The van der Waals surface area contributed by atoms with Crippen molar-refractivity contribution in [1.29, 1.82) is 0 Å². The molecule has 0 amide bonds. The molecule has 22 heavy (non-hydrogen) atoms. The molecule has 0 bridgehead atoms. The lowest BCUT2D eigenvalue weighted by Gasteiger charge is -2.18. The largest absolute Gasteiger partial charge is 0.492 e. The molecule has 0 radical (unpaired) electrons. The van der Waals surface area contributed by atoms with Gasteiger partial charge in [0.1, 0.15) is 23.6 Å². The van der Waals surface area contributed by atoms with Crippen molar-refractivity contribution in [3.8, 4) is 5.75 Å². The van der Waals surface area contributed by atoms with E-state index in [1.807, 2.05) is 0 Å². The second-order valence-corrected chi connectivity index (χ2v) is 5.02. The molecule has 1 aromatic carbocycles. The number of alkyl halides is 3. The Morgan fingerprint density at radius 2 is 1.95 bits per heavy atom. The molecule has 0 aliphatic carbocycles. The van der Waals surface area contributed by atoms with Gasteiger partial charge in [-0.25, -0.2) is 0 Å². The van der Waals surface area contributed by atoms with E-state index in [9.17, 15) is 23.3 Å². The number of likely N-dealkylation sites (tertiary alicyclic amines) is 1. The third-order valence-electron chi connectivity index (χ3n) is 3.53. The Kier molecular flexibility index (Phi) is 4.74. The smallest absolute Gasteiger partial charge is 0.422 e. The molecule has 0 saturated carbocycles. The Morgan fingerprint density at radius 3 is 2.50 bits per heavy atom. The zero-order chi connectivity index (χ0) is 16.3. The second kappa shape index (κ2) is 6.39. The molecule has 1 heterocycles. The van der Waals surface area contributed by atoms with E-state index in [-0.39, 0.29) is 6.61 Å². The summed E-state index contributed by atoms with van der Waals surface area (Å²) in [6.45, 7) is 2.38. The number of nitrogens with zero attached hydrogens (tertiary/aromatic N) is 2. The Bertz CT molecular complexity index is 557. The number of benzene rings is 1. The van der Waals surface area contributed by atoms with Crippen LogP contribution in [0.1, 0.15) is 18.4 Å². The quantitative estimate of drug-likeness (QED) is 0.512. The summed E-state index contributed by atoms with van der Waals surface area (Å²) in [6.07, 6.45) is -2.68. The van der Waals surface area contributed by atoms with Crippen LogP contribution in [0.15, 0.2) is 12.1 Å². The molecule has 9 heteroatoms. The van der Waals surface area contributed by atoms with Crippen LogP contribution >= 0.6 is 0 Å². The van der Waals surface area contributed by atoms with Crippen LogP contribution < -0.4 is 10.5 Å². The summed E-state index contributed by atoms with van der Waals surface area (Å²) in [7, 11) is 0. The Labute approximate surface area is 124 Å². The number of rotatable bonds is 5. The molecule has 0 aromatic heterocycles. The highest BCUT2D eigenvalue weighted by atomic mass is 19.4. The topological polar surface area (TPSA) is 81.6 Å². The molecule has 1 saturated heterocycles. The maximum Gasteiger partial charge on any atom is 0.422 e. The van der Waals surface area contributed by atoms with Crippen LogP contribution in [0.5, 0.6) is 5.75 Å². The molecular weight excluding hydrogens is 303 g/mol. The normalized spacial score (nSPS) is 16.0. The fourth-order valence-corrected chi connectivity index (χ4v) is 2.45. The number of nitrogen functional groups attached to an aromatic ring is 1. The summed E-state index contributed by atoms with van der Waals surface area (Å²) in [4.78, 5) is 11.9. The van der Waals surface area contributed by atoms with E-state index in [0.29, 0.717) is 6.54 Å². The maximum absolute atomic E-state index is 13.1. The van der Waals surface area contributed by atoms with Crippen LogP contribution in [0.2, 0.25) is 0 Å². The van der Waals surface area contributed by atoms with Crippen LogP contribution in [-0.2, 0) is 6.18 Å². The van der Waals surface area contributed by atoms with Gasteiger partial charge in [0, 0.05) is 12.6 Å². The van der Waals surface area contributed by atoms with Gasteiger partial charge in [-0.05, 0) is 32.0 Å². The number of nitro benzene ring substituents is 1. The third kappa shape index (κ3) is 3.59. The first kappa shape index (κ1) is 16.3. The van der Waals surface area contributed by atoms with Crippen LogP contribution in [0, 0.1) is 10.1 Å². The Morgan fingerprint density at radius 1 is 1.32 bits per heavy atom. The van der Waals surface area contributed by atoms with Crippen molar-refractivity contribution in [3.05, 3.63) is 27.8 Å². The number of ether oxygens (including phenoxy) is 1. The van der Waals surface area contributed by atoms with Crippen LogP contribution in [0.4, 0.5) is 24.5 Å². The molecule has 1 aliphatic rings. The number of nitrogens with two attached hydrogens (primary N) is 1.